The summed E-state index contributed by atoms with van der Waals surface area (Å²) in [5, 5.41) is 0. The Morgan fingerprint density at radius 3 is 2.40 bits per heavy atom. The Labute approximate surface area is 119 Å². The summed E-state index contributed by atoms with van der Waals surface area (Å²) in [6, 6.07) is 0. The van der Waals surface area contributed by atoms with Crippen molar-refractivity contribution in [3.63, 3.8) is 0 Å². The fourth-order valence-corrected chi connectivity index (χ4v) is 2.58. The number of hydrogen-bond donors (Lipinski definition) is 0. The van der Waals surface area contributed by atoms with Crippen molar-refractivity contribution in [2.45, 2.75) is 24.8 Å². The number of anilines is 1. The molecule has 0 bridgehead atoms. The Morgan fingerprint density at radius 1 is 1.30 bits per heavy atom. The first-order chi connectivity index (χ1) is 9.48. The Kier molecular flexibility index (Phi) is 4.23. The number of aromatic nitrogens is 2. The maximum Gasteiger partial charge on any atom is 0.358 e. The van der Waals surface area contributed by atoms with Gasteiger partial charge in [-0.1, -0.05) is 0 Å². The van der Waals surface area contributed by atoms with Gasteiger partial charge in [0.05, 0.1) is 19.5 Å². The van der Waals surface area contributed by atoms with Crippen LogP contribution in [0.5, 0.6) is 0 Å². The normalized spacial score (nSPS) is 16.6. The molecular weight excluding hydrogens is 256 g/mol. The van der Waals surface area contributed by atoms with Crippen molar-refractivity contribution in [1.29, 1.82) is 0 Å². The van der Waals surface area contributed by atoms with E-state index >= 15 is 0 Å². The lowest BCUT2D eigenvalue weighted by Gasteiger charge is -2.49. The zero-order chi connectivity index (χ0) is 14.8. The molecule has 1 saturated carbocycles. The lowest BCUT2D eigenvalue weighted by molar-refractivity contribution is 0.0593. The smallest absolute Gasteiger partial charge is 0.358 e. The molecular formula is C14H22N4O2. The van der Waals surface area contributed by atoms with Gasteiger partial charge >= 0.3 is 5.97 Å². The highest BCUT2D eigenvalue weighted by Crippen LogP contribution is 2.37. The Hall–Kier alpha value is -1.69. The molecule has 1 aliphatic carbocycles. The molecule has 0 aromatic carbocycles. The average molecular weight is 278 g/mol. The maximum atomic E-state index is 11.3. The zero-order valence-corrected chi connectivity index (χ0v) is 12.6. The second-order valence-electron chi connectivity index (χ2n) is 5.58. The molecule has 0 spiro atoms. The number of esters is 1. The fraction of sp³-hybridized carbons (Fsp3) is 0.643. The average Bonchev–Trinajstić information content (AvgIpc) is 2.41. The van der Waals surface area contributed by atoms with Gasteiger partial charge in [0.2, 0.25) is 0 Å². The number of carbonyl (C=O) groups is 1. The standard InChI is InChI=1S/C14H22N4O2/c1-17(2)14(6-5-7-14)10-18(3)12-9-15-11(8-16-12)13(19)20-4/h8-9H,5-7,10H2,1-4H3. The lowest BCUT2D eigenvalue weighted by Crippen LogP contribution is -2.56. The van der Waals surface area contributed by atoms with E-state index in [1.807, 2.05) is 7.05 Å². The fourth-order valence-electron chi connectivity index (χ4n) is 2.58. The van der Waals surface area contributed by atoms with Gasteiger partial charge in [-0.05, 0) is 33.4 Å². The molecule has 1 heterocycles. The van der Waals surface area contributed by atoms with E-state index in [1.165, 1.54) is 32.6 Å². The molecule has 110 valence electrons. The number of rotatable bonds is 5. The summed E-state index contributed by atoms with van der Waals surface area (Å²) in [6.07, 6.45) is 6.77. The SMILES string of the molecule is COC(=O)c1cnc(N(C)CC2(N(C)C)CCC2)cn1. The van der Waals surface area contributed by atoms with Crippen LogP contribution in [0.3, 0.4) is 0 Å². The van der Waals surface area contributed by atoms with Crippen LogP contribution in [-0.4, -0.2) is 61.2 Å². The maximum absolute atomic E-state index is 11.3. The lowest BCUT2D eigenvalue weighted by atomic mass is 9.75. The minimum Gasteiger partial charge on any atom is -0.464 e. The number of carbonyl (C=O) groups excluding carboxylic acids is 1. The molecule has 0 atom stereocenters. The first-order valence-electron chi connectivity index (χ1n) is 6.77. The topological polar surface area (TPSA) is 58.6 Å². The highest BCUT2D eigenvalue weighted by molar-refractivity contribution is 5.86. The zero-order valence-electron chi connectivity index (χ0n) is 12.6. The summed E-state index contributed by atoms with van der Waals surface area (Å²) in [4.78, 5) is 24.1. The Morgan fingerprint density at radius 2 is 2.00 bits per heavy atom. The molecule has 6 nitrogen and oxygen atoms in total. The van der Waals surface area contributed by atoms with Crippen molar-refractivity contribution in [2.75, 3.05) is 39.7 Å². The van der Waals surface area contributed by atoms with Gasteiger partial charge in [0.15, 0.2) is 5.69 Å². The predicted octanol–water partition coefficient (Wildman–Crippen LogP) is 1.18. The molecule has 1 aliphatic rings. The van der Waals surface area contributed by atoms with E-state index in [0.29, 0.717) is 0 Å². The third kappa shape index (κ3) is 2.75. The van der Waals surface area contributed by atoms with Crippen LogP contribution in [0.25, 0.3) is 0 Å². The van der Waals surface area contributed by atoms with Crippen LogP contribution in [0, 0.1) is 0 Å². The minimum atomic E-state index is -0.463. The van der Waals surface area contributed by atoms with Crippen LogP contribution in [0.4, 0.5) is 5.82 Å². The minimum absolute atomic E-state index is 0.232. The molecule has 0 N–H and O–H groups in total. The van der Waals surface area contributed by atoms with Crippen molar-refractivity contribution >= 4 is 11.8 Å². The van der Waals surface area contributed by atoms with E-state index in [2.05, 4.69) is 38.6 Å². The predicted molar refractivity (Wildman–Crippen MR) is 76.9 cm³/mol. The Balaban J connectivity index is 2.06. The van der Waals surface area contributed by atoms with Gasteiger partial charge in [0, 0.05) is 19.1 Å². The molecule has 2 rings (SSSR count). The van der Waals surface area contributed by atoms with E-state index < -0.39 is 5.97 Å². The number of hydrogen-bond acceptors (Lipinski definition) is 6. The summed E-state index contributed by atoms with van der Waals surface area (Å²) >= 11 is 0. The molecule has 0 amide bonds. The van der Waals surface area contributed by atoms with Gasteiger partial charge in [-0.2, -0.15) is 0 Å². The third-order valence-electron chi connectivity index (χ3n) is 4.19. The first kappa shape index (κ1) is 14.7. The van der Waals surface area contributed by atoms with Crippen LogP contribution in [0.1, 0.15) is 29.8 Å². The van der Waals surface area contributed by atoms with Gasteiger partial charge in [-0.25, -0.2) is 14.8 Å². The van der Waals surface area contributed by atoms with Crippen LogP contribution >= 0.6 is 0 Å². The summed E-state index contributed by atoms with van der Waals surface area (Å²) < 4.78 is 4.61. The molecule has 20 heavy (non-hydrogen) atoms. The monoisotopic (exact) mass is 278 g/mol. The van der Waals surface area contributed by atoms with Crippen molar-refractivity contribution in [3.05, 3.63) is 18.1 Å². The molecule has 0 unspecified atom stereocenters. The number of ether oxygens (including phenoxy) is 1. The van der Waals surface area contributed by atoms with Crippen molar-refractivity contribution in [2.24, 2.45) is 0 Å². The largest absolute Gasteiger partial charge is 0.464 e. The van der Waals surface area contributed by atoms with Crippen LogP contribution < -0.4 is 4.90 Å². The first-order valence-corrected chi connectivity index (χ1v) is 6.77. The van der Waals surface area contributed by atoms with Crippen LogP contribution in [-0.2, 0) is 4.74 Å². The van der Waals surface area contributed by atoms with E-state index in [-0.39, 0.29) is 11.2 Å². The van der Waals surface area contributed by atoms with Gasteiger partial charge < -0.3 is 14.5 Å². The third-order valence-corrected chi connectivity index (χ3v) is 4.19. The highest BCUT2D eigenvalue weighted by atomic mass is 16.5. The summed E-state index contributed by atoms with van der Waals surface area (Å²) in [6.45, 7) is 0.909. The van der Waals surface area contributed by atoms with Crippen molar-refractivity contribution in [1.82, 2.24) is 14.9 Å². The number of likely N-dealkylation sites (N-methyl/N-ethyl adjacent to an activating group) is 2. The number of nitrogens with zero attached hydrogens (tertiary/aromatic N) is 4. The molecule has 1 aromatic rings. The summed E-state index contributed by atoms with van der Waals surface area (Å²) in [7, 11) is 7.59. The second kappa shape index (κ2) is 5.75. The van der Waals surface area contributed by atoms with Crippen molar-refractivity contribution in [3.8, 4) is 0 Å². The van der Waals surface area contributed by atoms with E-state index in [1.54, 1.807) is 6.20 Å². The van der Waals surface area contributed by atoms with Gasteiger partial charge in [-0.15, -0.1) is 0 Å². The summed E-state index contributed by atoms with van der Waals surface area (Å²) in [5.41, 5.74) is 0.466. The van der Waals surface area contributed by atoms with E-state index in [9.17, 15) is 4.79 Å². The molecule has 1 aromatic heterocycles. The molecule has 6 heteroatoms. The molecule has 0 aliphatic heterocycles. The van der Waals surface area contributed by atoms with Gasteiger partial charge in [-0.3, -0.25) is 0 Å². The van der Waals surface area contributed by atoms with Crippen LogP contribution in [0.15, 0.2) is 12.4 Å². The van der Waals surface area contributed by atoms with Crippen LogP contribution in [0.2, 0.25) is 0 Å². The van der Waals surface area contributed by atoms with Gasteiger partial charge in [0.1, 0.15) is 5.82 Å². The molecule has 0 saturated heterocycles. The molecule has 0 radical (unpaired) electrons. The number of methoxy groups -OCH3 is 1. The quantitative estimate of drug-likeness (QED) is 0.754. The molecule has 1 fully saturated rings. The Bertz CT molecular complexity index is 469. The summed E-state index contributed by atoms with van der Waals surface area (Å²) in [5.74, 6) is 0.307. The second-order valence-corrected chi connectivity index (χ2v) is 5.58. The van der Waals surface area contributed by atoms with Gasteiger partial charge in [0.25, 0.3) is 0 Å². The van der Waals surface area contributed by atoms with Crippen molar-refractivity contribution < 1.29 is 9.53 Å². The highest BCUT2D eigenvalue weighted by Gasteiger charge is 2.40. The van der Waals surface area contributed by atoms with E-state index in [0.717, 1.165) is 12.4 Å². The van der Waals surface area contributed by atoms with E-state index in [4.69, 9.17) is 0 Å².